The van der Waals surface area contributed by atoms with E-state index in [1.165, 1.54) is 12.8 Å². The van der Waals surface area contributed by atoms with Gasteiger partial charge in [0.15, 0.2) is 0 Å². The number of hydrogen-bond donors (Lipinski definition) is 1. The summed E-state index contributed by atoms with van der Waals surface area (Å²) in [6.07, 6.45) is 4.02. The molecule has 5 heteroatoms. The summed E-state index contributed by atoms with van der Waals surface area (Å²) in [7, 11) is 0. The van der Waals surface area contributed by atoms with Gasteiger partial charge < -0.3 is 10.2 Å². The minimum atomic E-state index is -0.266. The minimum absolute atomic E-state index is 0.266. The van der Waals surface area contributed by atoms with Gasteiger partial charge in [-0.25, -0.2) is 0 Å². The van der Waals surface area contributed by atoms with E-state index in [1.54, 1.807) is 30.5 Å². The quantitative estimate of drug-likeness (QED) is 0.940. The lowest BCUT2D eigenvalue weighted by Gasteiger charge is -2.32. The number of benzene rings is 1. The molecule has 0 bridgehead atoms. The van der Waals surface area contributed by atoms with Crippen LogP contribution in [0.5, 0.6) is 0 Å². The van der Waals surface area contributed by atoms with Gasteiger partial charge in [0.25, 0.3) is 5.91 Å². The highest BCUT2D eigenvalue weighted by Gasteiger charge is 2.17. The van der Waals surface area contributed by atoms with Gasteiger partial charge in [-0.15, -0.1) is 0 Å². The molecule has 1 aromatic heterocycles. The highest BCUT2D eigenvalue weighted by atomic mass is 16.1. The zero-order chi connectivity index (χ0) is 16.9. The van der Waals surface area contributed by atoms with Crippen molar-refractivity contribution in [2.75, 3.05) is 23.3 Å². The van der Waals surface area contributed by atoms with Crippen LogP contribution in [0.2, 0.25) is 0 Å². The molecular formula is C19H20N4O. The van der Waals surface area contributed by atoms with Crippen molar-refractivity contribution in [1.29, 1.82) is 5.26 Å². The fourth-order valence-corrected chi connectivity index (χ4v) is 2.87. The Kier molecular flexibility index (Phi) is 4.76. The molecule has 122 valence electrons. The van der Waals surface area contributed by atoms with Crippen molar-refractivity contribution in [3.63, 3.8) is 0 Å². The van der Waals surface area contributed by atoms with Gasteiger partial charge in [0.2, 0.25) is 0 Å². The van der Waals surface area contributed by atoms with Crippen molar-refractivity contribution in [3.05, 3.63) is 53.9 Å². The largest absolute Gasteiger partial charge is 0.371 e. The molecule has 1 amide bonds. The van der Waals surface area contributed by atoms with Crippen LogP contribution >= 0.6 is 0 Å². The molecule has 0 aliphatic carbocycles. The second-order valence-electron chi connectivity index (χ2n) is 6.22. The van der Waals surface area contributed by atoms with E-state index in [0.29, 0.717) is 16.9 Å². The minimum Gasteiger partial charge on any atom is -0.371 e. The molecule has 0 saturated carbocycles. The number of pyridine rings is 1. The summed E-state index contributed by atoms with van der Waals surface area (Å²) in [6, 6.07) is 12.7. The molecule has 0 atom stereocenters. The van der Waals surface area contributed by atoms with E-state index < -0.39 is 0 Å². The zero-order valence-electron chi connectivity index (χ0n) is 13.7. The molecule has 2 aromatic rings. The van der Waals surface area contributed by atoms with Gasteiger partial charge in [0.05, 0.1) is 11.6 Å². The van der Waals surface area contributed by atoms with E-state index in [2.05, 4.69) is 28.2 Å². The van der Waals surface area contributed by atoms with E-state index in [9.17, 15) is 4.79 Å². The molecule has 5 nitrogen and oxygen atoms in total. The number of nitrogens with zero attached hydrogens (tertiary/aromatic N) is 3. The lowest BCUT2D eigenvalue weighted by molar-refractivity contribution is 0.102. The van der Waals surface area contributed by atoms with Gasteiger partial charge in [-0.3, -0.25) is 9.78 Å². The van der Waals surface area contributed by atoms with Crippen molar-refractivity contribution >= 4 is 17.3 Å². The molecule has 1 aromatic carbocycles. The monoisotopic (exact) mass is 320 g/mol. The molecule has 0 spiro atoms. The Bertz CT molecular complexity index is 773. The Labute approximate surface area is 141 Å². The number of nitrogens with one attached hydrogen (secondary N) is 1. The molecule has 2 heterocycles. The molecule has 1 aliphatic heterocycles. The Balaban J connectivity index is 1.73. The summed E-state index contributed by atoms with van der Waals surface area (Å²) in [5.74, 6) is 0.496. The summed E-state index contributed by atoms with van der Waals surface area (Å²) in [5, 5.41) is 11.7. The first kappa shape index (κ1) is 16.0. The molecule has 24 heavy (non-hydrogen) atoms. The maximum atomic E-state index is 12.4. The van der Waals surface area contributed by atoms with Crippen LogP contribution in [0.25, 0.3) is 0 Å². The van der Waals surface area contributed by atoms with E-state index >= 15 is 0 Å². The standard InChI is InChI=1S/C19H20N4O/c1-14-6-9-23(10-7-14)17-5-8-21-18(12-17)19(24)22-16-4-2-3-15(11-16)13-20/h2-5,8,11-12,14H,6-7,9-10H2,1H3,(H,22,24). The average Bonchev–Trinajstić information content (AvgIpc) is 2.62. The number of nitriles is 1. The van der Waals surface area contributed by atoms with Crippen molar-refractivity contribution in [1.82, 2.24) is 4.98 Å². The van der Waals surface area contributed by atoms with Crippen LogP contribution in [0.1, 0.15) is 35.8 Å². The summed E-state index contributed by atoms with van der Waals surface area (Å²) in [4.78, 5) is 18.9. The van der Waals surface area contributed by atoms with Gasteiger partial charge in [-0.1, -0.05) is 13.0 Å². The first-order valence-electron chi connectivity index (χ1n) is 8.18. The summed E-state index contributed by atoms with van der Waals surface area (Å²) < 4.78 is 0. The predicted octanol–water partition coefficient (Wildman–Crippen LogP) is 3.44. The van der Waals surface area contributed by atoms with Crippen LogP contribution in [-0.2, 0) is 0 Å². The normalized spacial score (nSPS) is 14.9. The third-order valence-electron chi connectivity index (χ3n) is 4.37. The Morgan fingerprint density at radius 2 is 2.08 bits per heavy atom. The van der Waals surface area contributed by atoms with Crippen LogP contribution < -0.4 is 10.2 Å². The highest BCUT2D eigenvalue weighted by Crippen LogP contribution is 2.23. The van der Waals surface area contributed by atoms with Crippen molar-refractivity contribution in [2.24, 2.45) is 5.92 Å². The summed E-state index contributed by atoms with van der Waals surface area (Å²) in [5.41, 5.74) is 2.52. The number of hydrogen-bond acceptors (Lipinski definition) is 4. The zero-order valence-corrected chi connectivity index (χ0v) is 13.7. The lowest BCUT2D eigenvalue weighted by atomic mass is 9.99. The van der Waals surface area contributed by atoms with Crippen molar-refractivity contribution < 1.29 is 4.79 Å². The number of carbonyl (C=O) groups excluding carboxylic acids is 1. The highest BCUT2D eigenvalue weighted by molar-refractivity contribution is 6.03. The van der Waals surface area contributed by atoms with Gasteiger partial charge in [-0.05, 0) is 49.1 Å². The predicted molar refractivity (Wildman–Crippen MR) is 94.0 cm³/mol. The Morgan fingerprint density at radius 3 is 2.83 bits per heavy atom. The Morgan fingerprint density at radius 1 is 1.29 bits per heavy atom. The van der Waals surface area contributed by atoms with E-state index in [0.717, 1.165) is 24.7 Å². The molecular weight excluding hydrogens is 300 g/mol. The van der Waals surface area contributed by atoms with Gasteiger partial charge in [0, 0.05) is 30.7 Å². The van der Waals surface area contributed by atoms with E-state index in [1.807, 2.05) is 12.1 Å². The lowest BCUT2D eigenvalue weighted by Crippen LogP contribution is -2.33. The smallest absolute Gasteiger partial charge is 0.274 e. The molecule has 1 saturated heterocycles. The van der Waals surface area contributed by atoms with Crippen LogP contribution in [0.4, 0.5) is 11.4 Å². The van der Waals surface area contributed by atoms with Crippen LogP contribution in [0.15, 0.2) is 42.6 Å². The number of anilines is 2. The molecule has 1 fully saturated rings. The first-order chi connectivity index (χ1) is 11.7. The fraction of sp³-hybridized carbons (Fsp3) is 0.316. The fourth-order valence-electron chi connectivity index (χ4n) is 2.87. The SMILES string of the molecule is CC1CCN(c2ccnc(C(=O)Nc3cccc(C#N)c3)c2)CC1. The summed E-state index contributed by atoms with van der Waals surface area (Å²) >= 11 is 0. The second kappa shape index (κ2) is 7.14. The Hall–Kier alpha value is -2.87. The molecule has 1 N–H and O–H groups in total. The topological polar surface area (TPSA) is 69.0 Å². The number of rotatable bonds is 3. The molecule has 0 unspecified atom stereocenters. The van der Waals surface area contributed by atoms with Crippen molar-refractivity contribution in [2.45, 2.75) is 19.8 Å². The van der Waals surface area contributed by atoms with Gasteiger partial charge >= 0.3 is 0 Å². The average molecular weight is 320 g/mol. The third kappa shape index (κ3) is 3.72. The molecule has 0 radical (unpaired) electrons. The third-order valence-corrected chi connectivity index (χ3v) is 4.37. The van der Waals surface area contributed by atoms with Gasteiger partial charge in [0.1, 0.15) is 5.69 Å². The number of piperidine rings is 1. The van der Waals surface area contributed by atoms with Crippen LogP contribution in [0.3, 0.4) is 0 Å². The van der Waals surface area contributed by atoms with E-state index in [4.69, 9.17) is 5.26 Å². The summed E-state index contributed by atoms with van der Waals surface area (Å²) in [6.45, 7) is 4.30. The number of carbonyl (C=O) groups is 1. The maximum Gasteiger partial charge on any atom is 0.274 e. The number of amides is 1. The van der Waals surface area contributed by atoms with Crippen molar-refractivity contribution in [3.8, 4) is 6.07 Å². The van der Waals surface area contributed by atoms with Gasteiger partial charge in [-0.2, -0.15) is 5.26 Å². The molecule has 1 aliphatic rings. The van der Waals surface area contributed by atoms with Crippen LogP contribution in [0, 0.1) is 17.2 Å². The second-order valence-corrected chi connectivity index (χ2v) is 6.22. The van der Waals surface area contributed by atoms with Crippen LogP contribution in [-0.4, -0.2) is 24.0 Å². The first-order valence-corrected chi connectivity index (χ1v) is 8.18. The van der Waals surface area contributed by atoms with E-state index in [-0.39, 0.29) is 5.91 Å². The molecule has 3 rings (SSSR count). The maximum absolute atomic E-state index is 12.4. The number of aromatic nitrogens is 1.